The summed E-state index contributed by atoms with van der Waals surface area (Å²) in [5.41, 5.74) is 1.60. The summed E-state index contributed by atoms with van der Waals surface area (Å²) in [6.45, 7) is 6.80. The molecule has 0 aliphatic carbocycles. The zero-order chi connectivity index (χ0) is 12.0. The van der Waals surface area contributed by atoms with Gasteiger partial charge in [0.1, 0.15) is 11.9 Å². The second-order valence-corrected chi connectivity index (χ2v) is 3.79. The smallest absolute Gasteiger partial charge is 0.144 e. The van der Waals surface area contributed by atoms with Crippen molar-refractivity contribution in [2.75, 3.05) is 32.0 Å². The monoisotopic (exact) mass is 218 g/mol. The van der Waals surface area contributed by atoms with Gasteiger partial charge in [-0.15, -0.1) is 0 Å². The van der Waals surface area contributed by atoms with E-state index in [1.165, 1.54) is 0 Å². The summed E-state index contributed by atoms with van der Waals surface area (Å²) < 4.78 is 0. The minimum absolute atomic E-state index is 0.640. The minimum atomic E-state index is 0.640. The van der Waals surface area contributed by atoms with Crippen LogP contribution in [0.3, 0.4) is 0 Å². The molecule has 0 saturated carbocycles. The molecule has 86 valence electrons. The molecule has 0 aliphatic heterocycles. The van der Waals surface area contributed by atoms with Crippen LogP contribution < -0.4 is 5.32 Å². The van der Waals surface area contributed by atoms with Gasteiger partial charge < -0.3 is 10.2 Å². The van der Waals surface area contributed by atoms with E-state index in [2.05, 4.69) is 35.2 Å². The molecule has 0 unspecified atom stereocenters. The summed E-state index contributed by atoms with van der Waals surface area (Å²) in [6.07, 6.45) is 1.72. The van der Waals surface area contributed by atoms with Gasteiger partial charge in [0.25, 0.3) is 0 Å². The number of hydrogen-bond acceptors (Lipinski definition) is 4. The molecule has 1 aromatic heterocycles. The Morgan fingerprint density at radius 3 is 2.94 bits per heavy atom. The Morgan fingerprint density at radius 2 is 2.31 bits per heavy atom. The first-order chi connectivity index (χ1) is 7.69. The van der Waals surface area contributed by atoms with E-state index < -0.39 is 0 Å². The molecule has 1 aromatic rings. The maximum absolute atomic E-state index is 9.01. The van der Waals surface area contributed by atoms with E-state index >= 15 is 0 Å². The number of anilines is 1. The SMILES string of the molecule is CCN(C)CCNc1nccc(C)c1C#N. The average molecular weight is 218 g/mol. The molecule has 4 heteroatoms. The van der Waals surface area contributed by atoms with Crippen molar-refractivity contribution in [2.24, 2.45) is 0 Å². The summed E-state index contributed by atoms with van der Waals surface area (Å²) >= 11 is 0. The Balaban J connectivity index is 2.61. The standard InChI is InChI=1S/C12H18N4/c1-4-16(3)8-7-15-12-11(9-13)10(2)5-6-14-12/h5-6H,4,7-8H2,1-3H3,(H,14,15). The molecule has 1 N–H and O–H groups in total. The highest BCUT2D eigenvalue weighted by Crippen LogP contribution is 2.14. The molecule has 0 aromatic carbocycles. The van der Waals surface area contributed by atoms with E-state index in [0.29, 0.717) is 11.4 Å². The molecule has 0 saturated heterocycles. The van der Waals surface area contributed by atoms with E-state index in [1.54, 1.807) is 6.20 Å². The Labute approximate surface area is 96.9 Å². The van der Waals surface area contributed by atoms with Gasteiger partial charge in [0, 0.05) is 19.3 Å². The van der Waals surface area contributed by atoms with E-state index in [0.717, 1.165) is 25.2 Å². The van der Waals surface area contributed by atoms with E-state index in [9.17, 15) is 0 Å². The Morgan fingerprint density at radius 1 is 1.56 bits per heavy atom. The van der Waals surface area contributed by atoms with E-state index in [4.69, 9.17) is 5.26 Å². The first kappa shape index (κ1) is 12.5. The number of rotatable bonds is 5. The van der Waals surface area contributed by atoms with Crippen molar-refractivity contribution in [3.63, 3.8) is 0 Å². The molecule has 0 bridgehead atoms. The molecule has 16 heavy (non-hydrogen) atoms. The molecule has 0 fully saturated rings. The normalized spacial score (nSPS) is 10.2. The van der Waals surface area contributed by atoms with Gasteiger partial charge >= 0.3 is 0 Å². The molecule has 4 nitrogen and oxygen atoms in total. The molecular formula is C12H18N4. The predicted molar refractivity (Wildman–Crippen MR) is 65.3 cm³/mol. The van der Waals surface area contributed by atoms with Crippen LogP contribution in [0.1, 0.15) is 18.1 Å². The van der Waals surface area contributed by atoms with Crippen LogP contribution in [0.4, 0.5) is 5.82 Å². The lowest BCUT2D eigenvalue weighted by Crippen LogP contribution is -2.25. The van der Waals surface area contributed by atoms with Gasteiger partial charge in [-0.05, 0) is 32.1 Å². The molecule has 0 atom stereocenters. The van der Waals surface area contributed by atoms with E-state index in [1.807, 2.05) is 13.0 Å². The Hall–Kier alpha value is -1.60. The predicted octanol–water partition coefficient (Wildman–Crippen LogP) is 1.63. The number of hydrogen-bond donors (Lipinski definition) is 1. The molecule has 0 spiro atoms. The lowest BCUT2D eigenvalue weighted by molar-refractivity contribution is 0.367. The lowest BCUT2D eigenvalue weighted by atomic mass is 10.1. The molecule has 0 aliphatic rings. The zero-order valence-electron chi connectivity index (χ0n) is 10.1. The summed E-state index contributed by atoms with van der Waals surface area (Å²) in [5.74, 6) is 0.687. The highest BCUT2D eigenvalue weighted by molar-refractivity contribution is 5.55. The fraction of sp³-hybridized carbons (Fsp3) is 0.500. The lowest BCUT2D eigenvalue weighted by Gasteiger charge is -2.15. The van der Waals surface area contributed by atoms with Gasteiger partial charge in [-0.1, -0.05) is 6.92 Å². The number of nitrogens with zero attached hydrogens (tertiary/aromatic N) is 3. The van der Waals surface area contributed by atoms with Crippen LogP contribution in [-0.2, 0) is 0 Å². The number of nitriles is 1. The fourth-order valence-corrected chi connectivity index (χ4v) is 1.36. The first-order valence-electron chi connectivity index (χ1n) is 5.47. The quantitative estimate of drug-likeness (QED) is 0.816. The number of pyridine rings is 1. The Kier molecular flexibility index (Phi) is 4.74. The fourth-order valence-electron chi connectivity index (χ4n) is 1.36. The van der Waals surface area contributed by atoms with Crippen LogP contribution in [-0.4, -0.2) is 36.6 Å². The summed E-state index contributed by atoms with van der Waals surface area (Å²) in [6, 6.07) is 4.03. The molecular weight excluding hydrogens is 200 g/mol. The molecule has 0 radical (unpaired) electrons. The third-order valence-electron chi connectivity index (χ3n) is 2.60. The third kappa shape index (κ3) is 3.21. The average Bonchev–Trinajstić information content (AvgIpc) is 2.29. The van der Waals surface area contributed by atoms with E-state index in [-0.39, 0.29) is 0 Å². The van der Waals surface area contributed by atoms with Crippen LogP contribution >= 0.6 is 0 Å². The van der Waals surface area contributed by atoms with Gasteiger partial charge in [-0.25, -0.2) is 4.98 Å². The van der Waals surface area contributed by atoms with Crippen LogP contribution in [0.2, 0.25) is 0 Å². The summed E-state index contributed by atoms with van der Waals surface area (Å²) in [5, 5.41) is 12.2. The maximum Gasteiger partial charge on any atom is 0.144 e. The highest BCUT2D eigenvalue weighted by Gasteiger charge is 2.05. The van der Waals surface area contributed by atoms with Crippen LogP contribution in [0.5, 0.6) is 0 Å². The molecule has 1 rings (SSSR count). The molecule has 0 amide bonds. The zero-order valence-corrected chi connectivity index (χ0v) is 10.1. The highest BCUT2D eigenvalue weighted by atomic mass is 15.1. The number of nitrogens with one attached hydrogen (secondary N) is 1. The number of aryl methyl sites for hydroxylation is 1. The largest absolute Gasteiger partial charge is 0.368 e. The Bertz CT molecular complexity index is 381. The van der Waals surface area contributed by atoms with Crippen molar-refractivity contribution in [1.29, 1.82) is 5.26 Å². The van der Waals surface area contributed by atoms with Gasteiger partial charge in [0.15, 0.2) is 0 Å². The van der Waals surface area contributed by atoms with Crippen molar-refractivity contribution in [3.8, 4) is 6.07 Å². The van der Waals surface area contributed by atoms with Gasteiger partial charge in [0.2, 0.25) is 0 Å². The van der Waals surface area contributed by atoms with Crippen molar-refractivity contribution in [2.45, 2.75) is 13.8 Å². The van der Waals surface area contributed by atoms with Crippen molar-refractivity contribution >= 4 is 5.82 Å². The second-order valence-electron chi connectivity index (χ2n) is 3.79. The van der Waals surface area contributed by atoms with Crippen LogP contribution in [0, 0.1) is 18.3 Å². The van der Waals surface area contributed by atoms with Crippen molar-refractivity contribution < 1.29 is 0 Å². The topological polar surface area (TPSA) is 52.0 Å². The third-order valence-corrected chi connectivity index (χ3v) is 2.60. The van der Waals surface area contributed by atoms with Crippen molar-refractivity contribution in [3.05, 3.63) is 23.4 Å². The summed E-state index contributed by atoms with van der Waals surface area (Å²) in [4.78, 5) is 6.38. The van der Waals surface area contributed by atoms with Crippen molar-refractivity contribution in [1.82, 2.24) is 9.88 Å². The first-order valence-corrected chi connectivity index (χ1v) is 5.47. The van der Waals surface area contributed by atoms with Gasteiger partial charge in [-0.3, -0.25) is 0 Å². The number of likely N-dealkylation sites (N-methyl/N-ethyl adjacent to an activating group) is 1. The number of aromatic nitrogens is 1. The maximum atomic E-state index is 9.01. The minimum Gasteiger partial charge on any atom is -0.368 e. The van der Waals surface area contributed by atoms with Gasteiger partial charge in [-0.2, -0.15) is 5.26 Å². The molecule has 1 heterocycles. The van der Waals surface area contributed by atoms with Crippen LogP contribution in [0.15, 0.2) is 12.3 Å². The van der Waals surface area contributed by atoms with Gasteiger partial charge in [0.05, 0.1) is 5.56 Å². The second kappa shape index (κ2) is 6.09. The summed E-state index contributed by atoms with van der Waals surface area (Å²) in [7, 11) is 2.07. The van der Waals surface area contributed by atoms with Crippen LogP contribution in [0.25, 0.3) is 0 Å².